The molecule has 0 bridgehead atoms. The highest BCUT2D eigenvalue weighted by Gasteiger charge is 2.06. The molecule has 0 spiro atoms. The highest BCUT2D eigenvalue weighted by molar-refractivity contribution is 6.29. The number of nitrogens with one attached hydrogen (secondary N) is 1. The van der Waals surface area contributed by atoms with Crippen molar-refractivity contribution in [3.05, 3.63) is 28.7 Å². The van der Waals surface area contributed by atoms with Crippen LogP contribution >= 0.6 is 11.6 Å². The average Bonchev–Trinajstić information content (AvgIpc) is 2.89. The van der Waals surface area contributed by atoms with Crippen LogP contribution in [0.5, 0.6) is 0 Å². The zero-order chi connectivity index (χ0) is 13.5. The predicted molar refractivity (Wildman–Crippen MR) is 77.4 cm³/mol. The molecule has 0 atom stereocenters. The van der Waals surface area contributed by atoms with Crippen LogP contribution in [0.15, 0.2) is 17.7 Å². The molecular formula is C14H20ClN3O. The van der Waals surface area contributed by atoms with Crippen molar-refractivity contribution < 1.29 is 4.74 Å². The zero-order valence-corrected chi connectivity index (χ0v) is 12.0. The molecule has 0 radical (unpaired) electrons. The minimum atomic E-state index is 0.400. The van der Waals surface area contributed by atoms with E-state index in [9.17, 15) is 0 Å². The molecule has 0 fully saturated rings. The van der Waals surface area contributed by atoms with Crippen molar-refractivity contribution in [1.29, 1.82) is 0 Å². The van der Waals surface area contributed by atoms with E-state index in [2.05, 4.69) is 21.4 Å². The fraction of sp³-hybridized carbons (Fsp3) is 0.571. The van der Waals surface area contributed by atoms with Crippen molar-refractivity contribution in [1.82, 2.24) is 9.97 Å². The lowest BCUT2D eigenvalue weighted by molar-refractivity contribution is 0.128. The summed E-state index contributed by atoms with van der Waals surface area (Å²) < 4.78 is 5.29. The summed E-state index contributed by atoms with van der Waals surface area (Å²) in [6, 6.07) is 1.75. The maximum Gasteiger partial charge on any atom is 0.158 e. The Bertz CT molecular complexity index is 448. The number of aromatic nitrogens is 2. The predicted octanol–water partition coefficient (Wildman–Crippen LogP) is 3.58. The smallest absolute Gasteiger partial charge is 0.158 e. The largest absolute Gasteiger partial charge is 0.374 e. The number of nitrogens with zero attached hydrogens (tertiary/aromatic N) is 2. The topological polar surface area (TPSA) is 47.0 Å². The number of hydrogen-bond donors (Lipinski definition) is 1. The SMILES string of the molecule is CCOCc1nc(Cl)cc(NCCC2=CCCC2)n1. The number of hydrogen-bond acceptors (Lipinski definition) is 4. The molecule has 1 heterocycles. The van der Waals surface area contributed by atoms with Crippen LogP contribution in [0.1, 0.15) is 38.4 Å². The molecule has 2 rings (SSSR count). The Kier molecular flexibility index (Phi) is 5.61. The van der Waals surface area contributed by atoms with Gasteiger partial charge in [-0.05, 0) is 32.6 Å². The third-order valence-electron chi connectivity index (χ3n) is 3.06. The van der Waals surface area contributed by atoms with Gasteiger partial charge in [0.25, 0.3) is 0 Å². The first kappa shape index (κ1) is 14.3. The summed E-state index contributed by atoms with van der Waals surface area (Å²) in [5, 5.41) is 3.75. The first-order chi connectivity index (χ1) is 9.28. The molecule has 1 aromatic rings. The standard InChI is InChI=1S/C14H20ClN3O/c1-2-19-10-14-17-12(15)9-13(18-14)16-8-7-11-5-3-4-6-11/h5,9H,2-4,6-8,10H2,1H3,(H,16,17,18). The van der Waals surface area contributed by atoms with Crippen LogP contribution in [0.25, 0.3) is 0 Å². The lowest BCUT2D eigenvalue weighted by Gasteiger charge is -2.08. The molecule has 0 aromatic carbocycles. The molecule has 0 unspecified atom stereocenters. The fourth-order valence-corrected chi connectivity index (χ4v) is 2.33. The number of ether oxygens (including phenoxy) is 1. The van der Waals surface area contributed by atoms with Gasteiger partial charge < -0.3 is 10.1 Å². The molecule has 0 saturated heterocycles. The van der Waals surface area contributed by atoms with Gasteiger partial charge in [-0.3, -0.25) is 0 Å². The lowest BCUT2D eigenvalue weighted by atomic mass is 10.2. The van der Waals surface area contributed by atoms with E-state index in [1.165, 1.54) is 19.3 Å². The Morgan fingerprint density at radius 3 is 3.05 bits per heavy atom. The van der Waals surface area contributed by atoms with Gasteiger partial charge in [-0.1, -0.05) is 23.3 Å². The molecule has 1 aliphatic rings. The van der Waals surface area contributed by atoms with Gasteiger partial charge in [0.15, 0.2) is 5.82 Å². The molecule has 0 amide bonds. The van der Waals surface area contributed by atoms with E-state index in [0.29, 0.717) is 24.2 Å². The number of anilines is 1. The minimum absolute atomic E-state index is 0.400. The third kappa shape index (κ3) is 4.80. The quantitative estimate of drug-likeness (QED) is 0.613. The first-order valence-corrected chi connectivity index (χ1v) is 7.18. The Balaban J connectivity index is 1.86. The Morgan fingerprint density at radius 2 is 2.32 bits per heavy atom. The van der Waals surface area contributed by atoms with Gasteiger partial charge in [0, 0.05) is 19.2 Å². The van der Waals surface area contributed by atoms with Crippen LogP contribution in [0, 0.1) is 0 Å². The zero-order valence-electron chi connectivity index (χ0n) is 11.3. The summed E-state index contributed by atoms with van der Waals surface area (Å²) in [5.41, 5.74) is 1.54. The highest BCUT2D eigenvalue weighted by atomic mass is 35.5. The van der Waals surface area contributed by atoms with E-state index in [1.54, 1.807) is 11.6 Å². The monoisotopic (exact) mass is 281 g/mol. The van der Waals surface area contributed by atoms with Crippen molar-refractivity contribution in [3.63, 3.8) is 0 Å². The molecule has 1 aromatic heterocycles. The lowest BCUT2D eigenvalue weighted by Crippen LogP contribution is -2.07. The van der Waals surface area contributed by atoms with E-state index in [0.717, 1.165) is 18.8 Å². The number of rotatable bonds is 7. The summed E-state index contributed by atoms with van der Waals surface area (Å²) >= 11 is 5.98. The summed E-state index contributed by atoms with van der Waals surface area (Å²) in [7, 11) is 0. The fourth-order valence-electron chi connectivity index (χ4n) is 2.13. The molecule has 4 nitrogen and oxygen atoms in total. The van der Waals surface area contributed by atoms with Crippen LogP contribution in [0.3, 0.4) is 0 Å². The molecule has 0 saturated carbocycles. The van der Waals surface area contributed by atoms with E-state index < -0.39 is 0 Å². The Labute approximate surface area is 119 Å². The first-order valence-electron chi connectivity index (χ1n) is 6.81. The van der Waals surface area contributed by atoms with Crippen molar-refractivity contribution in [3.8, 4) is 0 Å². The van der Waals surface area contributed by atoms with Gasteiger partial charge in [0.05, 0.1) is 0 Å². The Hall–Kier alpha value is -1.13. The maximum absolute atomic E-state index is 5.98. The van der Waals surface area contributed by atoms with E-state index in [-0.39, 0.29) is 0 Å². The molecule has 0 aliphatic heterocycles. The Morgan fingerprint density at radius 1 is 1.42 bits per heavy atom. The molecule has 104 valence electrons. The maximum atomic E-state index is 5.98. The van der Waals surface area contributed by atoms with Crippen molar-refractivity contribution in [2.75, 3.05) is 18.5 Å². The van der Waals surface area contributed by atoms with Gasteiger partial charge in [-0.15, -0.1) is 0 Å². The summed E-state index contributed by atoms with van der Waals surface area (Å²) in [4.78, 5) is 8.52. The molecular weight excluding hydrogens is 262 g/mol. The molecule has 1 N–H and O–H groups in total. The van der Waals surface area contributed by atoms with E-state index >= 15 is 0 Å². The van der Waals surface area contributed by atoms with Crippen molar-refractivity contribution in [2.24, 2.45) is 0 Å². The second kappa shape index (κ2) is 7.46. The second-order valence-corrected chi connectivity index (χ2v) is 4.95. The van der Waals surface area contributed by atoms with Crippen LogP contribution < -0.4 is 5.32 Å². The average molecular weight is 282 g/mol. The summed E-state index contributed by atoms with van der Waals surface area (Å²) in [5.74, 6) is 1.39. The summed E-state index contributed by atoms with van der Waals surface area (Å²) in [6.45, 7) is 3.87. The highest BCUT2D eigenvalue weighted by Crippen LogP contribution is 2.20. The van der Waals surface area contributed by atoms with Gasteiger partial charge >= 0.3 is 0 Å². The third-order valence-corrected chi connectivity index (χ3v) is 3.26. The van der Waals surface area contributed by atoms with E-state index in [1.807, 2.05) is 6.92 Å². The van der Waals surface area contributed by atoms with Crippen LogP contribution in [-0.2, 0) is 11.3 Å². The van der Waals surface area contributed by atoms with Gasteiger partial charge in [0.1, 0.15) is 17.6 Å². The van der Waals surface area contributed by atoms with Crippen LogP contribution in [0.2, 0.25) is 5.15 Å². The van der Waals surface area contributed by atoms with Crippen LogP contribution in [-0.4, -0.2) is 23.1 Å². The van der Waals surface area contributed by atoms with Gasteiger partial charge in [-0.25, -0.2) is 9.97 Å². The minimum Gasteiger partial charge on any atom is -0.374 e. The molecule has 1 aliphatic carbocycles. The van der Waals surface area contributed by atoms with Gasteiger partial charge in [-0.2, -0.15) is 0 Å². The van der Waals surface area contributed by atoms with Crippen molar-refractivity contribution >= 4 is 17.4 Å². The second-order valence-electron chi connectivity index (χ2n) is 4.56. The number of halogens is 1. The van der Waals surface area contributed by atoms with Gasteiger partial charge in [0.2, 0.25) is 0 Å². The van der Waals surface area contributed by atoms with E-state index in [4.69, 9.17) is 16.3 Å². The number of allylic oxidation sites excluding steroid dienone is 1. The van der Waals surface area contributed by atoms with Crippen LogP contribution in [0.4, 0.5) is 5.82 Å². The molecule has 19 heavy (non-hydrogen) atoms. The normalized spacial score (nSPS) is 14.5. The molecule has 5 heteroatoms. The van der Waals surface area contributed by atoms with Crippen molar-refractivity contribution in [2.45, 2.75) is 39.2 Å². The summed E-state index contributed by atoms with van der Waals surface area (Å²) in [6.07, 6.45) is 7.18.